The van der Waals surface area contributed by atoms with E-state index < -0.39 is 5.63 Å². The van der Waals surface area contributed by atoms with Crippen molar-refractivity contribution in [3.05, 3.63) is 39.7 Å². The van der Waals surface area contributed by atoms with E-state index in [1.165, 1.54) is 13.2 Å². The fourth-order valence-electron chi connectivity index (χ4n) is 2.47. The first kappa shape index (κ1) is 18.0. The quantitative estimate of drug-likeness (QED) is 0.605. The van der Waals surface area contributed by atoms with Gasteiger partial charge in [-0.3, -0.25) is 9.69 Å². The van der Waals surface area contributed by atoms with Crippen LogP contribution in [0.25, 0.3) is 11.0 Å². The fourth-order valence-corrected chi connectivity index (χ4v) is 2.47. The number of rotatable bonds is 7. The fraction of sp³-hybridized carbons (Fsp3) is 0.412. The standard InChI is InChI=1S/C17H21NO6/c1-11-14(19)5-4-13-12(8-15(20)24-17(11)13)9-18(6-7-22-2)10-16(21)23-3/h4-5,8,19H,6-7,9-10H2,1-3H3. The monoisotopic (exact) mass is 335 g/mol. The highest BCUT2D eigenvalue weighted by Crippen LogP contribution is 2.27. The van der Waals surface area contributed by atoms with Gasteiger partial charge in [-0.2, -0.15) is 0 Å². The van der Waals surface area contributed by atoms with Crippen LogP contribution in [0.4, 0.5) is 0 Å². The molecule has 24 heavy (non-hydrogen) atoms. The van der Waals surface area contributed by atoms with Crippen molar-refractivity contribution in [3.8, 4) is 5.75 Å². The van der Waals surface area contributed by atoms with Crippen molar-refractivity contribution in [2.45, 2.75) is 13.5 Å². The first-order valence-electron chi connectivity index (χ1n) is 7.49. The van der Waals surface area contributed by atoms with Gasteiger partial charge in [-0.15, -0.1) is 0 Å². The molecule has 1 aromatic heterocycles. The highest BCUT2D eigenvalue weighted by Gasteiger charge is 2.16. The lowest BCUT2D eigenvalue weighted by Crippen LogP contribution is -2.33. The second kappa shape index (κ2) is 7.94. The van der Waals surface area contributed by atoms with Crippen molar-refractivity contribution >= 4 is 16.9 Å². The van der Waals surface area contributed by atoms with Crippen LogP contribution in [0, 0.1) is 6.92 Å². The molecule has 0 fully saturated rings. The average Bonchev–Trinajstić information content (AvgIpc) is 2.56. The van der Waals surface area contributed by atoms with Crippen LogP contribution in [0.15, 0.2) is 27.4 Å². The topological polar surface area (TPSA) is 89.2 Å². The maximum atomic E-state index is 11.9. The van der Waals surface area contributed by atoms with Crippen LogP contribution in [-0.2, 0) is 20.8 Å². The summed E-state index contributed by atoms with van der Waals surface area (Å²) in [4.78, 5) is 25.3. The molecule has 0 aliphatic rings. The Morgan fingerprint density at radius 2 is 2.08 bits per heavy atom. The molecular weight excluding hydrogens is 314 g/mol. The van der Waals surface area contributed by atoms with Crippen LogP contribution in [0.3, 0.4) is 0 Å². The average molecular weight is 335 g/mol. The number of nitrogens with zero attached hydrogens (tertiary/aromatic N) is 1. The van der Waals surface area contributed by atoms with Crippen molar-refractivity contribution in [3.63, 3.8) is 0 Å². The summed E-state index contributed by atoms with van der Waals surface area (Å²) < 4.78 is 15.0. The minimum absolute atomic E-state index is 0.0635. The van der Waals surface area contributed by atoms with Crippen molar-refractivity contribution in [1.82, 2.24) is 4.90 Å². The number of phenolic OH excluding ortho intramolecular Hbond substituents is 1. The number of aromatic hydroxyl groups is 1. The molecule has 0 unspecified atom stereocenters. The Kier molecular flexibility index (Phi) is 5.94. The molecular formula is C17H21NO6. The van der Waals surface area contributed by atoms with Gasteiger partial charge >= 0.3 is 11.6 Å². The van der Waals surface area contributed by atoms with Gasteiger partial charge in [0.2, 0.25) is 0 Å². The van der Waals surface area contributed by atoms with E-state index in [1.54, 1.807) is 26.2 Å². The Morgan fingerprint density at radius 1 is 1.33 bits per heavy atom. The minimum atomic E-state index is -0.504. The number of methoxy groups -OCH3 is 2. The summed E-state index contributed by atoms with van der Waals surface area (Å²) in [6, 6.07) is 4.65. The second-order valence-corrected chi connectivity index (χ2v) is 5.46. The third-order valence-electron chi connectivity index (χ3n) is 3.80. The molecule has 0 radical (unpaired) electrons. The lowest BCUT2D eigenvalue weighted by Gasteiger charge is -2.21. The zero-order valence-electron chi connectivity index (χ0n) is 14.0. The van der Waals surface area contributed by atoms with E-state index in [0.29, 0.717) is 36.4 Å². The van der Waals surface area contributed by atoms with Gasteiger partial charge < -0.3 is 19.0 Å². The third kappa shape index (κ3) is 4.12. The van der Waals surface area contributed by atoms with Gasteiger partial charge in [-0.25, -0.2) is 4.79 Å². The zero-order chi connectivity index (χ0) is 17.7. The van der Waals surface area contributed by atoms with Crippen molar-refractivity contribution in [2.75, 3.05) is 33.9 Å². The van der Waals surface area contributed by atoms with Gasteiger partial charge in [0, 0.05) is 37.2 Å². The molecule has 2 aromatic rings. The number of fused-ring (bicyclic) bond motifs is 1. The number of benzene rings is 1. The van der Waals surface area contributed by atoms with Gasteiger partial charge in [-0.05, 0) is 24.6 Å². The molecule has 0 bridgehead atoms. The Labute approximate surface area is 139 Å². The maximum absolute atomic E-state index is 11.9. The van der Waals surface area contributed by atoms with Crippen LogP contribution in [-0.4, -0.2) is 49.9 Å². The number of phenols is 1. The van der Waals surface area contributed by atoms with Crippen molar-refractivity contribution < 1.29 is 23.8 Å². The summed E-state index contributed by atoms with van der Waals surface area (Å²) in [5.74, 6) is -0.305. The maximum Gasteiger partial charge on any atom is 0.336 e. The van der Waals surface area contributed by atoms with Crippen LogP contribution in [0.5, 0.6) is 5.75 Å². The lowest BCUT2D eigenvalue weighted by molar-refractivity contribution is -0.142. The molecule has 0 atom stereocenters. The van der Waals surface area contributed by atoms with E-state index in [4.69, 9.17) is 13.9 Å². The second-order valence-electron chi connectivity index (χ2n) is 5.46. The van der Waals surface area contributed by atoms with Crippen LogP contribution >= 0.6 is 0 Å². The molecule has 1 aromatic carbocycles. The first-order valence-corrected chi connectivity index (χ1v) is 7.49. The number of carbonyl (C=O) groups excluding carboxylic acids is 1. The molecule has 7 nitrogen and oxygen atoms in total. The number of aryl methyl sites for hydroxylation is 1. The summed E-state index contributed by atoms with van der Waals surface area (Å²) in [5, 5.41) is 10.5. The number of hydrogen-bond acceptors (Lipinski definition) is 7. The highest BCUT2D eigenvalue weighted by atomic mass is 16.5. The zero-order valence-corrected chi connectivity index (χ0v) is 14.0. The van der Waals surface area contributed by atoms with Crippen LogP contribution in [0.1, 0.15) is 11.1 Å². The molecule has 0 aliphatic carbocycles. The summed E-state index contributed by atoms with van der Waals surface area (Å²) >= 11 is 0. The summed E-state index contributed by atoms with van der Waals surface area (Å²) in [5.41, 5.74) is 1.06. The SMILES string of the molecule is COCCN(CC(=O)OC)Cc1cc(=O)oc2c(C)c(O)ccc12. The number of ether oxygens (including phenoxy) is 2. The molecule has 2 rings (SSSR count). The molecule has 0 spiro atoms. The number of hydrogen-bond donors (Lipinski definition) is 1. The van der Waals surface area contributed by atoms with Gasteiger partial charge in [-0.1, -0.05) is 0 Å². The largest absolute Gasteiger partial charge is 0.508 e. The summed E-state index contributed by atoms with van der Waals surface area (Å²) in [6.45, 7) is 3.06. The van der Waals surface area contributed by atoms with Crippen LogP contribution < -0.4 is 5.63 Å². The summed E-state index contributed by atoms with van der Waals surface area (Å²) in [7, 11) is 2.91. The van der Waals surface area contributed by atoms with Gasteiger partial charge in [0.05, 0.1) is 20.3 Å². The van der Waals surface area contributed by atoms with E-state index in [1.807, 2.05) is 4.90 Å². The molecule has 0 amide bonds. The smallest absolute Gasteiger partial charge is 0.336 e. The Hall–Kier alpha value is -2.38. The Morgan fingerprint density at radius 3 is 2.75 bits per heavy atom. The summed E-state index contributed by atoms with van der Waals surface area (Å²) in [6.07, 6.45) is 0. The molecule has 0 saturated carbocycles. The van der Waals surface area contributed by atoms with Crippen molar-refractivity contribution in [1.29, 1.82) is 0 Å². The van der Waals surface area contributed by atoms with E-state index in [0.717, 1.165) is 5.39 Å². The van der Waals surface area contributed by atoms with E-state index in [9.17, 15) is 14.7 Å². The normalized spacial score (nSPS) is 11.2. The van der Waals surface area contributed by atoms with Crippen LogP contribution in [0.2, 0.25) is 0 Å². The highest BCUT2D eigenvalue weighted by molar-refractivity contribution is 5.84. The minimum Gasteiger partial charge on any atom is -0.508 e. The van der Waals surface area contributed by atoms with Gasteiger partial charge in [0.25, 0.3) is 0 Å². The predicted molar refractivity (Wildman–Crippen MR) is 88.1 cm³/mol. The molecule has 0 saturated heterocycles. The molecule has 130 valence electrons. The van der Waals surface area contributed by atoms with E-state index in [-0.39, 0.29) is 18.3 Å². The Balaban J connectivity index is 2.40. The first-order chi connectivity index (χ1) is 11.5. The van der Waals surface area contributed by atoms with Gasteiger partial charge in [0.1, 0.15) is 11.3 Å². The third-order valence-corrected chi connectivity index (χ3v) is 3.80. The van der Waals surface area contributed by atoms with Gasteiger partial charge in [0.15, 0.2) is 0 Å². The number of carbonyl (C=O) groups is 1. The molecule has 1 N–H and O–H groups in total. The molecule has 0 aliphatic heterocycles. The lowest BCUT2D eigenvalue weighted by atomic mass is 10.1. The van der Waals surface area contributed by atoms with E-state index in [2.05, 4.69) is 0 Å². The molecule has 7 heteroatoms. The molecule has 1 heterocycles. The van der Waals surface area contributed by atoms with Crippen molar-refractivity contribution in [2.24, 2.45) is 0 Å². The number of esters is 1. The Bertz CT molecular complexity index is 782. The predicted octanol–water partition coefficient (Wildman–Crippen LogP) is 1.43. The van der Waals surface area contributed by atoms with E-state index >= 15 is 0 Å².